The van der Waals surface area contributed by atoms with Crippen molar-refractivity contribution in [1.29, 1.82) is 0 Å². The zero-order chi connectivity index (χ0) is 17.1. The van der Waals surface area contributed by atoms with Crippen LogP contribution in [0, 0.1) is 0 Å². The van der Waals surface area contributed by atoms with Crippen LogP contribution in [0.5, 0.6) is 0 Å². The fraction of sp³-hybridized carbons (Fsp3) is 0.412. The maximum absolute atomic E-state index is 12.1. The number of hydrogen-bond acceptors (Lipinski definition) is 7. The minimum absolute atomic E-state index is 0.0313. The number of aryl methyl sites for hydroxylation is 1. The van der Waals surface area contributed by atoms with Gasteiger partial charge in [-0.05, 0) is 37.8 Å². The van der Waals surface area contributed by atoms with Crippen molar-refractivity contribution in [2.75, 3.05) is 11.9 Å². The van der Waals surface area contributed by atoms with Gasteiger partial charge in [0.15, 0.2) is 0 Å². The van der Waals surface area contributed by atoms with Crippen molar-refractivity contribution in [2.45, 2.75) is 38.2 Å². The van der Waals surface area contributed by atoms with Gasteiger partial charge in [-0.1, -0.05) is 23.5 Å². The summed E-state index contributed by atoms with van der Waals surface area (Å²) in [6, 6.07) is 8.10. The third-order valence-electron chi connectivity index (χ3n) is 4.02. The molecular weight excluding hydrogens is 356 g/mol. The van der Waals surface area contributed by atoms with Crippen molar-refractivity contribution in [2.24, 2.45) is 0 Å². The molecule has 6 nitrogen and oxygen atoms in total. The van der Waals surface area contributed by atoms with Crippen LogP contribution in [0.4, 0.5) is 5.13 Å². The first-order chi connectivity index (χ1) is 12.3. The van der Waals surface area contributed by atoms with Crippen LogP contribution in [0.1, 0.15) is 41.8 Å². The molecule has 0 saturated carbocycles. The molecule has 3 aromatic rings. The van der Waals surface area contributed by atoms with E-state index in [-0.39, 0.29) is 12.0 Å². The van der Waals surface area contributed by atoms with Gasteiger partial charge in [-0.15, -0.1) is 21.5 Å². The lowest BCUT2D eigenvalue weighted by molar-refractivity contribution is -0.116. The fourth-order valence-electron chi connectivity index (χ4n) is 2.80. The summed E-state index contributed by atoms with van der Waals surface area (Å²) in [6.45, 7) is 0.776. The highest BCUT2D eigenvalue weighted by Gasteiger charge is 2.22. The van der Waals surface area contributed by atoms with E-state index in [1.807, 2.05) is 18.2 Å². The van der Waals surface area contributed by atoms with E-state index in [0.717, 1.165) is 47.8 Å². The van der Waals surface area contributed by atoms with Crippen molar-refractivity contribution in [3.8, 4) is 0 Å². The molecule has 1 N–H and O–H groups in total. The largest absolute Gasteiger partial charge is 0.371 e. The van der Waals surface area contributed by atoms with Crippen LogP contribution in [0.15, 0.2) is 24.3 Å². The minimum atomic E-state index is -0.0313. The second kappa shape index (κ2) is 7.55. The molecule has 4 rings (SSSR count). The van der Waals surface area contributed by atoms with Crippen LogP contribution in [0.25, 0.3) is 10.2 Å². The van der Waals surface area contributed by atoms with Gasteiger partial charge in [0.05, 0.1) is 15.2 Å². The number of aromatic nitrogens is 3. The van der Waals surface area contributed by atoms with Crippen LogP contribution in [-0.2, 0) is 16.0 Å². The molecule has 130 valence electrons. The van der Waals surface area contributed by atoms with Gasteiger partial charge in [-0.2, -0.15) is 0 Å². The molecule has 1 fully saturated rings. The number of rotatable bonds is 6. The summed E-state index contributed by atoms with van der Waals surface area (Å²) in [6.07, 6.45) is 4.10. The predicted octanol–water partition coefficient (Wildman–Crippen LogP) is 3.96. The van der Waals surface area contributed by atoms with E-state index < -0.39 is 0 Å². The molecule has 25 heavy (non-hydrogen) atoms. The van der Waals surface area contributed by atoms with Gasteiger partial charge in [0, 0.05) is 13.0 Å². The van der Waals surface area contributed by atoms with E-state index in [2.05, 4.69) is 26.6 Å². The molecule has 2 aromatic heterocycles. The summed E-state index contributed by atoms with van der Waals surface area (Å²) in [5.41, 5.74) is 1.03. The number of carbonyl (C=O) groups excluding carboxylic acids is 1. The third kappa shape index (κ3) is 4.02. The summed E-state index contributed by atoms with van der Waals surface area (Å²) in [5.74, 6) is -0.0313. The molecule has 1 atom stereocenters. The summed E-state index contributed by atoms with van der Waals surface area (Å²) < 4.78 is 6.78. The lowest BCUT2D eigenvalue weighted by Crippen LogP contribution is -2.11. The highest BCUT2D eigenvalue weighted by molar-refractivity contribution is 7.18. The Morgan fingerprint density at radius 3 is 3.04 bits per heavy atom. The normalized spacial score (nSPS) is 17.2. The van der Waals surface area contributed by atoms with Gasteiger partial charge < -0.3 is 10.1 Å². The van der Waals surface area contributed by atoms with Crippen molar-refractivity contribution in [3.05, 3.63) is 34.3 Å². The number of ether oxygens (including phenoxy) is 1. The Morgan fingerprint density at radius 1 is 1.28 bits per heavy atom. The lowest BCUT2D eigenvalue weighted by atomic mass is 10.2. The maximum atomic E-state index is 12.1. The summed E-state index contributed by atoms with van der Waals surface area (Å²) in [7, 11) is 0. The molecule has 1 amide bonds. The standard InChI is InChI=1S/C17H18N4O2S2/c22-14(19-17-21-20-16(25-17)12-6-4-10-23-12)8-3-9-15-18-11-5-1-2-7-13(11)24-15/h1-2,5,7,12H,3-4,6,8-10H2,(H,19,21,22)/t12-/m1/s1. The SMILES string of the molecule is O=C(CCCc1nc2ccccc2s1)Nc1nnc([C@H]2CCCO2)s1. The fourth-order valence-corrected chi connectivity index (χ4v) is 4.65. The molecule has 1 aromatic carbocycles. The first-order valence-electron chi connectivity index (χ1n) is 8.37. The minimum Gasteiger partial charge on any atom is -0.371 e. The van der Waals surface area contributed by atoms with E-state index in [1.54, 1.807) is 11.3 Å². The molecule has 0 unspecified atom stereocenters. The van der Waals surface area contributed by atoms with Crippen molar-refractivity contribution >= 4 is 43.9 Å². The Labute approximate surface area is 153 Å². The van der Waals surface area contributed by atoms with E-state index >= 15 is 0 Å². The summed E-state index contributed by atoms with van der Waals surface area (Å²) >= 11 is 3.10. The van der Waals surface area contributed by atoms with Crippen LogP contribution < -0.4 is 5.32 Å². The summed E-state index contributed by atoms with van der Waals surface area (Å²) in [5, 5.41) is 13.5. The molecule has 1 saturated heterocycles. The first-order valence-corrected chi connectivity index (χ1v) is 10.0. The number of hydrogen-bond donors (Lipinski definition) is 1. The predicted molar refractivity (Wildman–Crippen MR) is 99.0 cm³/mol. The van der Waals surface area contributed by atoms with E-state index in [1.165, 1.54) is 16.0 Å². The number of nitrogens with zero attached hydrogens (tertiary/aromatic N) is 3. The average molecular weight is 374 g/mol. The Hall–Kier alpha value is -1.90. The van der Waals surface area contributed by atoms with Crippen LogP contribution in [-0.4, -0.2) is 27.7 Å². The third-order valence-corrected chi connectivity index (χ3v) is 6.05. The van der Waals surface area contributed by atoms with Crippen LogP contribution in [0.2, 0.25) is 0 Å². The highest BCUT2D eigenvalue weighted by atomic mass is 32.1. The van der Waals surface area contributed by atoms with Crippen LogP contribution in [0.3, 0.4) is 0 Å². The van der Waals surface area contributed by atoms with E-state index in [9.17, 15) is 4.79 Å². The van der Waals surface area contributed by atoms with Gasteiger partial charge in [0.25, 0.3) is 0 Å². The van der Waals surface area contributed by atoms with Gasteiger partial charge in [-0.25, -0.2) is 4.98 Å². The topological polar surface area (TPSA) is 77.0 Å². The molecule has 0 spiro atoms. The van der Waals surface area contributed by atoms with Gasteiger partial charge in [0.1, 0.15) is 11.1 Å². The van der Waals surface area contributed by atoms with E-state index in [0.29, 0.717) is 11.6 Å². The number of para-hydroxylation sites is 1. The second-order valence-electron chi connectivity index (χ2n) is 5.92. The molecule has 3 heterocycles. The number of fused-ring (bicyclic) bond motifs is 1. The monoisotopic (exact) mass is 374 g/mol. The highest BCUT2D eigenvalue weighted by Crippen LogP contribution is 2.32. The number of amides is 1. The first kappa shape index (κ1) is 16.6. The van der Waals surface area contributed by atoms with Crippen molar-refractivity contribution in [3.63, 3.8) is 0 Å². The number of benzene rings is 1. The van der Waals surface area contributed by atoms with E-state index in [4.69, 9.17) is 4.74 Å². The van der Waals surface area contributed by atoms with Gasteiger partial charge in [0.2, 0.25) is 11.0 Å². The zero-order valence-corrected chi connectivity index (χ0v) is 15.2. The number of thiazole rings is 1. The summed E-state index contributed by atoms with van der Waals surface area (Å²) in [4.78, 5) is 16.7. The Morgan fingerprint density at radius 2 is 2.20 bits per heavy atom. The maximum Gasteiger partial charge on any atom is 0.226 e. The number of anilines is 1. The molecule has 1 aliphatic heterocycles. The van der Waals surface area contributed by atoms with Crippen molar-refractivity contribution < 1.29 is 9.53 Å². The molecular formula is C17H18N4O2S2. The molecule has 8 heteroatoms. The molecule has 0 radical (unpaired) electrons. The van der Waals surface area contributed by atoms with Gasteiger partial charge >= 0.3 is 0 Å². The lowest BCUT2D eigenvalue weighted by Gasteiger charge is -2.02. The van der Waals surface area contributed by atoms with Gasteiger partial charge in [-0.3, -0.25) is 4.79 Å². The smallest absolute Gasteiger partial charge is 0.226 e. The Balaban J connectivity index is 1.26. The molecule has 1 aliphatic rings. The van der Waals surface area contributed by atoms with Crippen molar-refractivity contribution in [1.82, 2.24) is 15.2 Å². The molecule has 0 aliphatic carbocycles. The number of nitrogens with one attached hydrogen (secondary N) is 1. The second-order valence-corrected chi connectivity index (χ2v) is 8.05. The zero-order valence-electron chi connectivity index (χ0n) is 13.6. The molecule has 0 bridgehead atoms. The quantitative estimate of drug-likeness (QED) is 0.707. The Bertz CT molecular complexity index is 837. The van der Waals surface area contributed by atoms with Crippen LogP contribution >= 0.6 is 22.7 Å². The number of carbonyl (C=O) groups is 1. The average Bonchev–Trinajstić information content (AvgIpc) is 3.34. The Kier molecular flexibility index (Phi) is 5.00.